The Labute approximate surface area is 84.9 Å². The first-order valence-corrected chi connectivity index (χ1v) is 6.33. The highest BCUT2D eigenvalue weighted by Gasteiger charge is 2.07. The van der Waals surface area contributed by atoms with Crippen LogP contribution >= 0.6 is 31.6 Å². The van der Waals surface area contributed by atoms with Gasteiger partial charge in [-0.3, -0.25) is 0 Å². The van der Waals surface area contributed by atoms with E-state index < -0.39 is 0 Å². The summed E-state index contributed by atoms with van der Waals surface area (Å²) in [4.78, 5) is 0. The molecule has 68 valence electrons. The molecule has 0 bridgehead atoms. The van der Waals surface area contributed by atoms with Crippen molar-refractivity contribution in [3.05, 3.63) is 0 Å². The first kappa shape index (κ1) is 12.1. The second-order valence-corrected chi connectivity index (χ2v) is 4.27. The summed E-state index contributed by atoms with van der Waals surface area (Å²) < 4.78 is 10.6. The Bertz CT molecular complexity index is 90.5. The molecular weight excluding hydrogens is 274 g/mol. The van der Waals surface area contributed by atoms with E-state index in [2.05, 4.69) is 6.66 Å². The molecule has 0 saturated heterocycles. The molecule has 0 aromatic carbocycles. The van der Waals surface area contributed by atoms with Gasteiger partial charge in [-0.1, -0.05) is 0 Å². The highest BCUT2D eigenvalue weighted by atomic mass is 127. The maximum absolute atomic E-state index is 5.42. The van der Waals surface area contributed by atoms with E-state index in [1.807, 2.05) is 36.9 Å². The van der Waals surface area contributed by atoms with Gasteiger partial charge < -0.3 is 7.80 Å². The molecule has 4 heteroatoms. The molecule has 0 aromatic heterocycles. The molecule has 2 unspecified atom stereocenters. The van der Waals surface area contributed by atoms with Crippen LogP contribution in [-0.4, -0.2) is 31.6 Å². The largest absolute Gasteiger partial charge is 0.376 e. The quantitative estimate of drug-likeness (QED) is 0.552. The normalized spacial score (nSPS) is 15.0. The van der Waals surface area contributed by atoms with E-state index in [1.54, 1.807) is 0 Å². The molecule has 0 amide bonds. The Morgan fingerprint density at radius 3 is 2.45 bits per heavy atom. The van der Waals surface area contributed by atoms with Crippen LogP contribution in [0.25, 0.3) is 0 Å². The molecule has 2 atom stereocenters. The van der Waals surface area contributed by atoms with Gasteiger partial charge in [0.05, 0.1) is 18.8 Å². The van der Waals surface area contributed by atoms with Gasteiger partial charge in [-0.2, -0.15) is 0 Å². The molecule has 0 aliphatic heterocycles. The molecule has 0 N–H and O–H groups in total. The maximum atomic E-state index is 5.42. The number of rotatable bonds is 6. The number of ether oxygens (including phenoxy) is 1. The molecule has 0 spiro atoms. The minimum atomic E-state index is 0.279. The Balaban J connectivity index is 3.35. The number of halogens is 1. The van der Waals surface area contributed by atoms with Gasteiger partial charge in [0.2, 0.25) is 0 Å². The van der Waals surface area contributed by atoms with E-state index in [4.69, 9.17) is 7.80 Å². The molecule has 0 aliphatic carbocycles. The molecule has 0 aromatic rings. The van der Waals surface area contributed by atoms with E-state index in [0.29, 0.717) is 6.10 Å². The molecule has 0 aliphatic rings. The summed E-state index contributed by atoms with van der Waals surface area (Å²) in [7, 11) is 0.939. The fourth-order valence-electron chi connectivity index (χ4n) is 0.644. The van der Waals surface area contributed by atoms with Crippen molar-refractivity contribution in [2.45, 2.75) is 26.1 Å². The van der Waals surface area contributed by atoms with E-state index in [9.17, 15) is 0 Å². The van der Waals surface area contributed by atoms with Crippen LogP contribution in [0.1, 0.15) is 13.8 Å². The van der Waals surface area contributed by atoms with Crippen LogP contribution in [-0.2, 0) is 7.80 Å². The van der Waals surface area contributed by atoms with Gasteiger partial charge in [0.1, 0.15) is 23.0 Å². The Hall–Kier alpha value is 1.08. The van der Waals surface area contributed by atoms with E-state index in [0.717, 1.165) is 21.3 Å². The van der Waals surface area contributed by atoms with Gasteiger partial charge in [-0.05, 0) is 26.7 Å². The zero-order valence-corrected chi connectivity index (χ0v) is 10.4. The Morgan fingerprint density at radius 2 is 2.09 bits per heavy atom. The predicted octanol–water partition coefficient (Wildman–Crippen LogP) is 2.45. The van der Waals surface area contributed by atoms with Crippen molar-refractivity contribution in [1.82, 2.24) is 0 Å². The highest BCUT2D eigenvalue weighted by molar-refractivity contribution is 14.1. The monoisotopic (exact) mass is 290 g/mol. The standard InChI is InChI=1S/C7H16IO2P/c1-6(2)9-4-7(10-8)5-11-3/h6-7,11H,4-5H2,1-3H3. The Morgan fingerprint density at radius 1 is 1.45 bits per heavy atom. The molecule has 0 heterocycles. The summed E-state index contributed by atoms with van der Waals surface area (Å²) >= 11 is 1.94. The Kier molecular flexibility index (Phi) is 8.47. The SMILES string of the molecule is CPCC(COC(C)C)OI. The second kappa shape index (κ2) is 7.71. The lowest BCUT2D eigenvalue weighted by atomic mass is 10.4. The van der Waals surface area contributed by atoms with Crippen molar-refractivity contribution in [1.29, 1.82) is 0 Å². The molecule has 11 heavy (non-hydrogen) atoms. The fourth-order valence-corrected chi connectivity index (χ4v) is 1.97. The van der Waals surface area contributed by atoms with Crippen molar-refractivity contribution >= 4 is 31.6 Å². The third-order valence-electron chi connectivity index (χ3n) is 1.17. The van der Waals surface area contributed by atoms with Crippen LogP contribution in [0.2, 0.25) is 0 Å². The van der Waals surface area contributed by atoms with Gasteiger partial charge in [-0.15, -0.1) is 8.58 Å². The summed E-state index contributed by atoms with van der Waals surface area (Å²) in [6.07, 6.45) is 1.70. The van der Waals surface area contributed by atoms with E-state index >= 15 is 0 Å². The average molecular weight is 290 g/mol. The van der Waals surface area contributed by atoms with Crippen LogP contribution in [0.5, 0.6) is 0 Å². The molecule has 0 rings (SSSR count). The van der Waals surface area contributed by atoms with Crippen LogP contribution in [0.3, 0.4) is 0 Å². The lowest BCUT2D eigenvalue weighted by Crippen LogP contribution is -2.20. The van der Waals surface area contributed by atoms with Gasteiger partial charge >= 0.3 is 0 Å². The van der Waals surface area contributed by atoms with Crippen molar-refractivity contribution in [3.63, 3.8) is 0 Å². The number of hydrogen-bond acceptors (Lipinski definition) is 2. The third kappa shape index (κ3) is 7.44. The molecule has 0 fully saturated rings. The summed E-state index contributed by atoms with van der Waals surface area (Å²) in [5.41, 5.74) is 0. The maximum Gasteiger partial charge on any atom is 0.110 e. The second-order valence-electron chi connectivity index (χ2n) is 2.65. The predicted molar refractivity (Wildman–Crippen MR) is 59.1 cm³/mol. The minimum absolute atomic E-state index is 0.279. The van der Waals surface area contributed by atoms with Gasteiger partial charge in [0.25, 0.3) is 0 Å². The molecule has 2 nitrogen and oxygen atoms in total. The van der Waals surface area contributed by atoms with Crippen LogP contribution in [0, 0.1) is 0 Å². The zero-order valence-electron chi connectivity index (χ0n) is 7.26. The summed E-state index contributed by atoms with van der Waals surface area (Å²) in [6, 6.07) is 0. The van der Waals surface area contributed by atoms with Crippen LogP contribution in [0.4, 0.5) is 0 Å². The smallest absolute Gasteiger partial charge is 0.110 e. The van der Waals surface area contributed by atoms with Crippen molar-refractivity contribution in [2.75, 3.05) is 19.4 Å². The first-order chi connectivity index (χ1) is 5.20. The van der Waals surface area contributed by atoms with E-state index in [-0.39, 0.29) is 6.10 Å². The van der Waals surface area contributed by atoms with Crippen LogP contribution < -0.4 is 0 Å². The fraction of sp³-hybridized carbons (Fsp3) is 1.00. The average Bonchev–Trinajstić information content (AvgIpc) is 1.97. The van der Waals surface area contributed by atoms with Gasteiger partial charge in [-0.25, -0.2) is 0 Å². The lowest BCUT2D eigenvalue weighted by molar-refractivity contribution is 0.0378. The topological polar surface area (TPSA) is 18.5 Å². The van der Waals surface area contributed by atoms with Crippen molar-refractivity contribution in [3.8, 4) is 0 Å². The van der Waals surface area contributed by atoms with Gasteiger partial charge in [0.15, 0.2) is 0 Å². The summed E-state index contributed by atoms with van der Waals surface area (Å²) in [6.45, 7) is 6.98. The van der Waals surface area contributed by atoms with Crippen molar-refractivity contribution in [2.24, 2.45) is 0 Å². The zero-order chi connectivity index (χ0) is 8.69. The summed E-state index contributed by atoms with van der Waals surface area (Å²) in [5.74, 6) is 0. The lowest BCUT2D eigenvalue weighted by Gasteiger charge is -2.14. The highest BCUT2D eigenvalue weighted by Crippen LogP contribution is 2.11. The molecule has 0 radical (unpaired) electrons. The summed E-state index contributed by atoms with van der Waals surface area (Å²) in [5, 5.41) is 0. The first-order valence-electron chi connectivity index (χ1n) is 3.74. The molecular formula is C7H16IO2P. The van der Waals surface area contributed by atoms with Gasteiger partial charge in [0, 0.05) is 0 Å². The minimum Gasteiger partial charge on any atom is -0.376 e. The molecule has 0 saturated carbocycles. The third-order valence-corrected chi connectivity index (χ3v) is 2.76. The van der Waals surface area contributed by atoms with Crippen LogP contribution in [0.15, 0.2) is 0 Å². The number of hydrogen-bond donors (Lipinski definition) is 0. The van der Waals surface area contributed by atoms with E-state index in [1.165, 1.54) is 0 Å². The van der Waals surface area contributed by atoms with Crippen molar-refractivity contribution < 1.29 is 7.80 Å².